The van der Waals surface area contributed by atoms with E-state index in [0.29, 0.717) is 27.9 Å². The van der Waals surface area contributed by atoms with Crippen molar-refractivity contribution in [1.29, 1.82) is 0 Å². The first kappa shape index (κ1) is 32.4. The maximum absolute atomic E-state index is 15.3. The Bertz CT molecular complexity index is 1750. The van der Waals surface area contributed by atoms with Crippen LogP contribution in [0.3, 0.4) is 0 Å². The molecule has 2 fully saturated rings. The molecule has 1 amide bonds. The van der Waals surface area contributed by atoms with Crippen molar-refractivity contribution in [3.05, 3.63) is 87.7 Å². The number of carboxylic acids is 1. The maximum atomic E-state index is 15.3. The number of carbonyl (C=O) groups is 2. The van der Waals surface area contributed by atoms with Crippen molar-refractivity contribution < 1.29 is 50.2 Å². The van der Waals surface area contributed by atoms with E-state index in [4.69, 9.17) is 0 Å². The van der Waals surface area contributed by atoms with Crippen LogP contribution in [0.25, 0.3) is 0 Å². The van der Waals surface area contributed by atoms with Gasteiger partial charge in [0.25, 0.3) is 0 Å². The van der Waals surface area contributed by atoms with E-state index < -0.39 is 91.0 Å². The second-order valence-electron chi connectivity index (χ2n) is 11.3. The fourth-order valence-corrected chi connectivity index (χ4v) is 7.61. The first-order valence-electron chi connectivity index (χ1n) is 14.2. The Morgan fingerprint density at radius 2 is 1.51 bits per heavy atom. The van der Waals surface area contributed by atoms with Crippen LogP contribution in [0.2, 0.25) is 0 Å². The lowest BCUT2D eigenvalue weighted by Gasteiger charge is -2.41. The van der Waals surface area contributed by atoms with E-state index in [-0.39, 0.29) is 13.0 Å². The molecule has 45 heavy (non-hydrogen) atoms. The molecule has 1 heterocycles. The summed E-state index contributed by atoms with van der Waals surface area (Å²) in [4.78, 5) is 24.2. The van der Waals surface area contributed by atoms with Gasteiger partial charge in [-0.3, -0.25) is 4.79 Å². The molecule has 5 rings (SSSR count). The van der Waals surface area contributed by atoms with Crippen molar-refractivity contribution in [2.45, 2.75) is 68.8 Å². The molecule has 1 saturated carbocycles. The first-order valence-corrected chi connectivity index (χ1v) is 15.7. The number of rotatable bonds is 8. The second kappa shape index (κ2) is 12.4. The highest BCUT2D eigenvalue weighted by Gasteiger charge is 2.48. The fraction of sp³-hybridized carbons (Fsp3) is 0.355. The average Bonchev–Trinajstić information content (AvgIpc) is 2.98. The lowest BCUT2D eigenvalue weighted by molar-refractivity contribution is -0.125. The van der Waals surface area contributed by atoms with Gasteiger partial charge in [-0.2, -0.15) is 4.31 Å². The molecular weight excluding hydrogens is 623 g/mol. The fourth-order valence-electron chi connectivity index (χ4n) is 5.87. The van der Waals surface area contributed by atoms with Gasteiger partial charge >= 0.3 is 5.97 Å². The third kappa shape index (κ3) is 5.88. The lowest BCUT2D eigenvalue weighted by Crippen LogP contribution is -2.59. The van der Waals surface area contributed by atoms with Crippen molar-refractivity contribution in [3.63, 3.8) is 0 Å². The van der Waals surface area contributed by atoms with Crippen LogP contribution >= 0.6 is 0 Å². The number of anilines is 1. The number of phenols is 1. The summed E-state index contributed by atoms with van der Waals surface area (Å²) in [5.41, 5.74) is -0.905. The minimum absolute atomic E-state index is 0.198. The van der Waals surface area contributed by atoms with Gasteiger partial charge in [0.15, 0.2) is 28.2 Å². The molecular formula is C31H29F5N2O6S. The molecule has 0 bridgehead atoms. The van der Waals surface area contributed by atoms with E-state index in [0.717, 1.165) is 49.5 Å². The molecule has 1 aliphatic carbocycles. The molecule has 2 aliphatic rings. The summed E-state index contributed by atoms with van der Waals surface area (Å²) in [6.07, 6.45) is 5.20. The topological polar surface area (TPSA) is 115 Å². The van der Waals surface area contributed by atoms with Crippen LogP contribution in [0.15, 0.2) is 41.3 Å². The summed E-state index contributed by atoms with van der Waals surface area (Å²) < 4.78 is 100. The molecule has 3 aromatic rings. The van der Waals surface area contributed by atoms with Gasteiger partial charge in [-0.05, 0) is 49.3 Å². The number of benzene rings is 3. The zero-order chi connectivity index (χ0) is 32.8. The van der Waals surface area contributed by atoms with Gasteiger partial charge in [0.05, 0.1) is 12.2 Å². The van der Waals surface area contributed by atoms with Crippen LogP contribution in [0, 0.1) is 36.0 Å². The zero-order valence-electron chi connectivity index (χ0n) is 24.0. The number of nitrogens with zero attached hydrogens (tertiary/aromatic N) is 2. The van der Waals surface area contributed by atoms with Crippen LogP contribution in [-0.2, 0) is 21.4 Å². The smallest absolute Gasteiger partial charge is 0.339 e. The lowest BCUT2D eigenvalue weighted by atomic mass is 9.84. The summed E-state index contributed by atoms with van der Waals surface area (Å²) in [6, 6.07) is 6.65. The molecule has 3 aromatic carbocycles. The summed E-state index contributed by atoms with van der Waals surface area (Å²) in [6.45, 7) is -0.0971. The molecule has 2 N–H and O–H groups in total. The molecule has 0 unspecified atom stereocenters. The van der Waals surface area contributed by atoms with Crippen molar-refractivity contribution in [1.82, 2.24) is 4.31 Å². The molecule has 240 valence electrons. The number of hydrogen-bond donors (Lipinski definition) is 2. The third-order valence-electron chi connectivity index (χ3n) is 8.51. The largest absolute Gasteiger partial charge is 0.507 e. The number of carboxylic acid groups (broad SMARTS) is 1. The Balaban J connectivity index is 1.52. The Kier molecular flexibility index (Phi) is 8.91. The van der Waals surface area contributed by atoms with Crippen molar-refractivity contribution in [2.75, 3.05) is 11.4 Å². The minimum Gasteiger partial charge on any atom is -0.507 e. The quantitative estimate of drug-likeness (QED) is 0.223. The first-order chi connectivity index (χ1) is 21.2. The standard InChI is InChI=1S/C31H29F5N2O6S/c1-16-25(33)27(35)29(28(36)26(16)34)45(43,44)38-12-11-22(38)30(40)37(23-14-24(39)20(31(41)42)13-21(23)32)15-17-7-9-19(10-8-17)18-5-3-2-4-6-18/h7-10,13-14,18,22,39H,2-6,11-12,15H2,1H3,(H,41,42)/t22-/m1/s1. The minimum atomic E-state index is -5.33. The van der Waals surface area contributed by atoms with E-state index in [1.165, 1.54) is 0 Å². The van der Waals surface area contributed by atoms with Crippen molar-refractivity contribution in [3.8, 4) is 5.75 Å². The van der Waals surface area contributed by atoms with E-state index in [2.05, 4.69) is 0 Å². The molecule has 0 radical (unpaired) electrons. The monoisotopic (exact) mass is 652 g/mol. The average molecular weight is 653 g/mol. The van der Waals surface area contributed by atoms with Gasteiger partial charge in [0.2, 0.25) is 15.9 Å². The zero-order valence-corrected chi connectivity index (χ0v) is 24.8. The van der Waals surface area contributed by atoms with E-state index in [9.17, 15) is 45.8 Å². The van der Waals surface area contributed by atoms with Crippen molar-refractivity contribution in [2.24, 2.45) is 0 Å². The van der Waals surface area contributed by atoms with Gasteiger partial charge in [-0.25, -0.2) is 35.2 Å². The maximum Gasteiger partial charge on any atom is 0.339 e. The normalized spacial score (nSPS) is 17.6. The SMILES string of the molecule is Cc1c(F)c(F)c(S(=O)(=O)N2CC[C@@H]2C(=O)N(Cc2ccc(C3CCCCC3)cc2)c2cc(O)c(C(=O)O)cc2F)c(F)c1F. The number of halogens is 5. The van der Waals surface area contributed by atoms with Gasteiger partial charge in [-0.15, -0.1) is 0 Å². The molecule has 0 aromatic heterocycles. The molecule has 1 atom stereocenters. The van der Waals surface area contributed by atoms with Gasteiger partial charge in [-0.1, -0.05) is 43.5 Å². The molecule has 1 aliphatic heterocycles. The van der Waals surface area contributed by atoms with Crippen LogP contribution in [-0.4, -0.2) is 47.4 Å². The summed E-state index contributed by atoms with van der Waals surface area (Å²) in [5, 5.41) is 19.6. The molecule has 1 saturated heterocycles. The Hall–Kier alpha value is -4.04. The Morgan fingerprint density at radius 1 is 0.911 bits per heavy atom. The summed E-state index contributed by atoms with van der Waals surface area (Å²) in [7, 11) is -5.33. The number of carbonyl (C=O) groups excluding carboxylic acids is 1. The number of sulfonamides is 1. The van der Waals surface area contributed by atoms with E-state index in [1.54, 1.807) is 12.1 Å². The van der Waals surface area contributed by atoms with Crippen LogP contribution in [0.4, 0.5) is 27.6 Å². The molecule has 0 spiro atoms. The number of aromatic hydroxyl groups is 1. The highest BCUT2D eigenvalue weighted by atomic mass is 32.2. The highest BCUT2D eigenvalue weighted by molar-refractivity contribution is 7.89. The van der Waals surface area contributed by atoms with Gasteiger partial charge in [0.1, 0.15) is 23.2 Å². The second-order valence-corrected chi connectivity index (χ2v) is 13.1. The predicted octanol–water partition coefficient (Wildman–Crippen LogP) is 6.14. The van der Waals surface area contributed by atoms with Crippen LogP contribution in [0.1, 0.15) is 71.5 Å². The Labute approximate surface area is 255 Å². The highest BCUT2D eigenvalue weighted by Crippen LogP contribution is 2.37. The molecule has 8 nitrogen and oxygen atoms in total. The van der Waals surface area contributed by atoms with Crippen LogP contribution in [0.5, 0.6) is 5.75 Å². The molecule has 14 heteroatoms. The number of aromatic carboxylic acids is 1. The van der Waals surface area contributed by atoms with Gasteiger partial charge < -0.3 is 15.1 Å². The predicted molar refractivity (Wildman–Crippen MR) is 152 cm³/mol. The van der Waals surface area contributed by atoms with Crippen molar-refractivity contribution >= 4 is 27.6 Å². The third-order valence-corrected chi connectivity index (χ3v) is 10.4. The number of amides is 1. The van der Waals surface area contributed by atoms with Crippen LogP contribution < -0.4 is 4.90 Å². The number of hydrogen-bond acceptors (Lipinski definition) is 5. The van der Waals surface area contributed by atoms with E-state index >= 15 is 4.39 Å². The summed E-state index contributed by atoms with van der Waals surface area (Å²) >= 11 is 0. The van der Waals surface area contributed by atoms with E-state index in [1.807, 2.05) is 12.1 Å². The Morgan fingerprint density at radius 3 is 2.04 bits per heavy atom. The summed E-state index contributed by atoms with van der Waals surface area (Å²) in [5.74, 6) is -12.6. The van der Waals surface area contributed by atoms with Gasteiger partial charge in [0, 0.05) is 18.2 Å².